The third-order valence-electron chi connectivity index (χ3n) is 4.49. The van der Waals surface area contributed by atoms with Crippen LogP contribution in [0.15, 0.2) is 34.9 Å². The van der Waals surface area contributed by atoms with Crippen LogP contribution in [0, 0.1) is 6.92 Å². The van der Waals surface area contributed by atoms with Gasteiger partial charge >= 0.3 is 0 Å². The SMILES string of the molecule is Cc1noc(C(C)C)c1C(=O)NC(C)CN(Cc1ccccc1)C(C)C. The summed E-state index contributed by atoms with van der Waals surface area (Å²) in [6.45, 7) is 13.8. The lowest BCUT2D eigenvalue weighted by molar-refractivity contribution is 0.0918. The number of amides is 1. The van der Waals surface area contributed by atoms with Crippen molar-refractivity contribution in [2.45, 2.75) is 66.1 Å². The molecule has 0 aliphatic carbocycles. The van der Waals surface area contributed by atoms with E-state index in [2.05, 4.69) is 53.5 Å². The molecule has 5 heteroatoms. The summed E-state index contributed by atoms with van der Waals surface area (Å²) in [5, 5.41) is 7.07. The molecule has 1 atom stereocenters. The van der Waals surface area contributed by atoms with E-state index >= 15 is 0 Å². The first-order chi connectivity index (χ1) is 12.3. The van der Waals surface area contributed by atoms with Gasteiger partial charge in [-0.3, -0.25) is 9.69 Å². The largest absolute Gasteiger partial charge is 0.360 e. The van der Waals surface area contributed by atoms with Crippen LogP contribution >= 0.6 is 0 Å². The van der Waals surface area contributed by atoms with Crippen molar-refractivity contribution in [3.63, 3.8) is 0 Å². The van der Waals surface area contributed by atoms with Gasteiger partial charge in [-0.15, -0.1) is 0 Å². The fraction of sp³-hybridized carbons (Fsp3) is 0.524. The fourth-order valence-corrected chi connectivity index (χ4v) is 3.03. The Morgan fingerprint density at radius 1 is 1.15 bits per heavy atom. The van der Waals surface area contributed by atoms with Crippen LogP contribution in [0.1, 0.15) is 67.9 Å². The zero-order valence-electron chi connectivity index (χ0n) is 16.7. The van der Waals surface area contributed by atoms with Crippen LogP contribution in [0.3, 0.4) is 0 Å². The molecule has 1 aromatic heterocycles. The smallest absolute Gasteiger partial charge is 0.257 e. The first-order valence-corrected chi connectivity index (χ1v) is 9.34. The van der Waals surface area contributed by atoms with Gasteiger partial charge in [0.25, 0.3) is 5.91 Å². The maximum absolute atomic E-state index is 12.7. The van der Waals surface area contributed by atoms with Crippen molar-refractivity contribution in [2.75, 3.05) is 6.54 Å². The molecule has 0 fully saturated rings. The molecular weight excluding hydrogens is 326 g/mol. The lowest BCUT2D eigenvalue weighted by Crippen LogP contribution is -2.44. The van der Waals surface area contributed by atoms with E-state index in [0.717, 1.165) is 13.1 Å². The van der Waals surface area contributed by atoms with Gasteiger partial charge in [-0.05, 0) is 33.3 Å². The number of nitrogens with zero attached hydrogens (tertiary/aromatic N) is 2. The summed E-state index contributed by atoms with van der Waals surface area (Å²) in [6, 6.07) is 10.8. The number of aromatic nitrogens is 1. The minimum Gasteiger partial charge on any atom is -0.360 e. The van der Waals surface area contributed by atoms with E-state index in [1.54, 1.807) is 0 Å². The lowest BCUT2D eigenvalue weighted by Gasteiger charge is -2.29. The topological polar surface area (TPSA) is 58.4 Å². The van der Waals surface area contributed by atoms with E-state index in [1.165, 1.54) is 5.56 Å². The number of hydrogen-bond acceptors (Lipinski definition) is 4. The molecule has 1 unspecified atom stereocenters. The van der Waals surface area contributed by atoms with E-state index < -0.39 is 0 Å². The molecule has 1 heterocycles. The van der Waals surface area contributed by atoms with Crippen molar-refractivity contribution in [1.29, 1.82) is 0 Å². The minimum absolute atomic E-state index is 0.0166. The second kappa shape index (κ2) is 8.99. The van der Waals surface area contributed by atoms with Crippen molar-refractivity contribution in [3.8, 4) is 0 Å². The fourth-order valence-electron chi connectivity index (χ4n) is 3.03. The van der Waals surface area contributed by atoms with Crippen LogP contribution in [-0.2, 0) is 6.54 Å². The van der Waals surface area contributed by atoms with E-state index in [-0.39, 0.29) is 17.9 Å². The molecule has 0 aliphatic rings. The van der Waals surface area contributed by atoms with E-state index in [0.29, 0.717) is 23.1 Å². The predicted octanol–water partition coefficient (Wildman–Crippen LogP) is 4.14. The van der Waals surface area contributed by atoms with Gasteiger partial charge in [-0.2, -0.15) is 0 Å². The van der Waals surface area contributed by atoms with Crippen molar-refractivity contribution in [1.82, 2.24) is 15.4 Å². The van der Waals surface area contributed by atoms with Crippen molar-refractivity contribution < 1.29 is 9.32 Å². The molecule has 0 saturated heterocycles. The third kappa shape index (κ3) is 5.18. The number of benzene rings is 1. The molecule has 0 radical (unpaired) electrons. The van der Waals surface area contributed by atoms with Crippen LogP contribution < -0.4 is 5.32 Å². The van der Waals surface area contributed by atoms with Crippen molar-refractivity contribution in [2.24, 2.45) is 0 Å². The van der Waals surface area contributed by atoms with Gasteiger partial charge in [-0.25, -0.2) is 0 Å². The van der Waals surface area contributed by atoms with Crippen LogP contribution in [-0.4, -0.2) is 34.6 Å². The van der Waals surface area contributed by atoms with Crippen LogP contribution in [0.2, 0.25) is 0 Å². The summed E-state index contributed by atoms with van der Waals surface area (Å²) in [5.74, 6) is 0.665. The number of rotatable bonds is 8. The number of aryl methyl sites for hydroxylation is 1. The number of carbonyl (C=O) groups is 1. The number of hydrogen-bond donors (Lipinski definition) is 1. The molecule has 26 heavy (non-hydrogen) atoms. The normalized spacial score (nSPS) is 12.8. The Morgan fingerprint density at radius 3 is 2.38 bits per heavy atom. The second-order valence-corrected chi connectivity index (χ2v) is 7.55. The zero-order chi connectivity index (χ0) is 19.3. The lowest BCUT2D eigenvalue weighted by atomic mass is 10.0. The quantitative estimate of drug-likeness (QED) is 0.771. The third-order valence-corrected chi connectivity index (χ3v) is 4.49. The van der Waals surface area contributed by atoms with Crippen molar-refractivity contribution >= 4 is 5.91 Å². The highest BCUT2D eigenvalue weighted by Gasteiger charge is 2.24. The summed E-state index contributed by atoms with van der Waals surface area (Å²) in [7, 11) is 0. The molecule has 1 aromatic carbocycles. The predicted molar refractivity (Wildman–Crippen MR) is 104 cm³/mol. The maximum atomic E-state index is 12.7. The molecule has 0 bridgehead atoms. The minimum atomic E-state index is -0.108. The van der Waals surface area contributed by atoms with Gasteiger partial charge in [0.05, 0.1) is 5.69 Å². The summed E-state index contributed by atoms with van der Waals surface area (Å²) >= 11 is 0. The molecule has 0 spiro atoms. The molecular formula is C21H31N3O2. The van der Waals surface area contributed by atoms with Gasteiger partial charge < -0.3 is 9.84 Å². The number of carbonyl (C=O) groups excluding carboxylic acids is 1. The van der Waals surface area contributed by atoms with E-state index in [1.807, 2.05) is 33.8 Å². The number of nitrogens with one attached hydrogen (secondary N) is 1. The molecule has 1 amide bonds. The average molecular weight is 357 g/mol. The first kappa shape index (κ1) is 20.2. The first-order valence-electron chi connectivity index (χ1n) is 9.34. The van der Waals surface area contributed by atoms with Gasteiger partial charge in [0, 0.05) is 31.1 Å². The van der Waals surface area contributed by atoms with Gasteiger partial charge in [0.1, 0.15) is 5.56 Å². The zero-order valence-corrected chi connectivity index (χ0v) is 16.7. The van der Waals surface area contributed by atoms with Crippen LogP contribution in [0.4, 0.5) is 0 Å². The van der Waals surface area contributed by atoms with Gasteiger partial charge in [0.2, 0.25) is 0 Å². The van der Waals surface area contributed by atoms with Crippen LogP contribution in [0.5, 0.6) is 0 Å². The monoisotopic (exact) mass is 357 g/mol. The Morgan fingerprint density at radius 2 is 1.81 bits per heavy atom. The molecule has 0 aliphatic heterocycles. The van der Waals surface area contributed by atoms with Gasteiger partial charge in [-0.1, -0.05) is 49.3 Å². The summed E-state index contributed by atoms with van der Waals surface area (Å²) in [6.07, 6.45) is 0. The van der Waals surface area contributed by atoms with Crippen molar-refractivity contribution in [3.05, 3.63) is 52.9 Å². The second-order valence-electron chi connectivity index (χ2n) is 7.55. The highest BCUT2D eigenvalue weighted by Crippen LogP contribution is 2.22. The Hall–Kier alpha value is -2.14. The molecule has 2 aromatic rings. The Balaban J connectivity index is 2.03. The highest BCUT2D eigenvalue weighted by atomic mass is 16.5. The van der Waals surface area contributed by atoms with E-state index in [4.69, 9.17) is 4.52 Å². The maximum Gasteiger partial charge on any atom is 0.257 e. The Bertz CT molecular complexity index is 707. The molecule has 0 saturated carbocycles. The van der Waals surface area contributed by atoms with Crippen LogP contribution in [0.25, 0.3) is 0 Å². The highest BCUT2D eigenvalue weighted by molar-refractivity contribution is 5.96. The average Bonchev–Trinajstić information content (AvgIpc) is 2.97. The Kier molecular flexibility index (Phi) is 6.98. The molecule has 142 valence electrons. The molecule has 5 nitrogen and oxygen atoms in total. The van der Waals surface area contributed by atoms with Gasteiger partial charge in [0.15, 0.2) is 5.76 Å². The Labute approximate surface area is 156 Å². The standard InChI is InChI=1S/C21H31N3O2/c1-14(2)20-19(17(6)23-26-20)21(25)22-16(5)12-24(15(3)4)13-18-10-8-7-9-11-18/h7-11,14-16H,12-13H2,1-6H3,(H,22,25). The van der Waals surface area contributed by atoms with E-state index in [9.17, 15) is 4.79 Å². The molecule has 1 N–H and O–H groups in total. The summed E-state index contributed by atoms with van der Waals surface area (Å²) in [4.78, 5) is 15.1. The summed E-state index contributed by atoms with van der Waals surface area (Å²) < 4.78 is 5.34. The molecule has 2 rings (SSSR count). The summed E-state index contributed by atoms with van der Waals surface area (Å²) in [5.41, 5.74) is 2.49.